The maximum absolute atomic E-state index is 12.6. The van der Waals surface area contributed by atoms with E-state index in [2.05, 4.69) is 22.3 Å². The van der Waals surface area contributed by atoms with Gasteiger partial charge in [-0.05, 0) is 46.2 Å². The van der Waals surface area contributed by atoms with Gasteiger partial charge in [-0.2, -0.15) is 0 Å². The summed E-state index contributed by atoms with van der Waals surface area (Å²) in [6, 6.07) is 0.411. The van der Waals surface area contributed by atoms with Crippen molar-refractivity contribution in [2.75, 3.05) is 25.4 Å². The van der Waals surface area contributed by atoms with Crippen LogP contribution < -0.4 is 5.32 Å². The Hall–Kier alpha value is -1.01. The third-order valence-corrected chi connectivity index (χ3v) is 5.13. The zero-order chi connectivity index (χ0) is 15.9. The van der Waals surface area contributed by atoms with Crippen molar-refractivity contribution in [3.8, 4) is 0 Å². The Kier molecular flexibility index (Phi) is 6.76. The first-order valence-corrected chi connectivity index (χ1v) is 9.28. The monoisotopic (exact) mass is 325 g/mol. The van der Waals surface area contributed by atoms with Crippen LogP contribution in [0.4, 0.5) is 0 Å². The van der Waals surface area contributed by atoms with E-state index in [1.54, 1.807) is 11.8 Å². The largest absolute Gasteiger partial charge is 0.361 e. The van der Waals surface area contributed by atoms with Crippen molar-refractivity contribution in [2.24, 2.45) is 0 Å². The van der Waals surface area contributed by atoms with Crippen LogP contribution in [-0.2, 0) is 10.5 Å². The number of nitrogens with one attached hydrogen (secondary N) is 1. The number of hydrogen-bond donors (Lipinski definition) is 1. The molecule has 2 rings (SSSR count). The molecule has 0 spiro atoms. The number of hydrogen-bond acceptors (Lipinski definition) is 5. The van der Waals surface area contributed by atoms with E-state index in [9.17, 15) is 4.79 Å². The van der Waals surface area contributed by atoms with Gasteiger partial charge in [-0.15, -0.1) is 11.8 Å². The van der Waals surface area contributed by atoms with E-state index in [0.717, 1.165) is 61.7 Å². The summed E-state index contributed by atoms with van der Waals surface area (Å²) in [7, 11) is 0. The third kappa shape index (κ3) is 4.49. The van der Waals surface area contributed by atoms with Gasteiger partial charge in [0.1, 0.15) is 5.76 Å². The Labute approximate surface area is 137 Å². The Morgan fingerprint density at radius 2 is 2.14 bits per heavy atom. The van der Waals surface area contributed by atoms with Crippen LogP contribution in [0.25, 0.3) is 0 Å². The van der Waals surface area contributed by atoms with E-state index in [1.165, 1.54) is 0 Å². The van der Waals surface area contributed by atoms with Gasteiger partial charge in [0, 0.05) is 23.9 Å². The lowest BCUT2D eigenvalue weighted by Crippen LogP contribution is -2.47. The molecule has 2 heterocycles. The first-order valence-electron chi connectivity index (χ1n) is 8.13. The maximum atomic E-state index is 12.6. The van der Waals surface area contributed by atoms with Gasteiger partial charge in [0.25, 0.3) is 0 Å². The number of carbonyl (C=O) groups is 1. The van der Waals surface area contributed by atoms with Gasteiger partial charge >= 0.3 is 0 Å². The number of carbonyl (C=O) groups excluding carboxylic acids is 1. The average molecular weight is 325 g/mol. The Bertz CT molecular complexity index is 464. The van der Waals surface area contributed by atoms with Crippen molar-refractivity contribution in [1.29, 1.82) is 0 Å². The highest BCUT2D eigenvalue weighted by molar-refractivity contribution is 7.99. The van der Waals surface area contributed by atoms with E-state index in [-0.39, 0.29) is 5.91 Å². The molecule has 0 unspecified atom stereocenters. The lowest BCUT2D eigenvalue weighted by molar-refractivity contribution is -0.131. The molecule has 0 aliphatic carbocycles. The summed E-state index contributed by atoms with van der Waals surface area (Å²) in [6.07, 6.45) is 3.16. The minimum atomic E-state index is 0.269. The van der Waals surface area contributed by atoms with E-state index in [1.807, 2.05) is 13.8 Å². The van der Waals surface area contributed by atoms with E-state index < -0.39 is 0 Å². The van der Waals surface area contributed by atoms with Crippen molar-refractivity contribution in [3.05, 3.63) is 17.0 Å². The minimum Gasteiger partial charge on any atom is -0.361 e. The van der Waals surface area contributed by atoms with Crippen LogP contribution in [0.15, 0.2) is 4.52 Å². The molecule has 0 atom stereocenters. The molecule has 1 aliphatic heterocycles. The van der Waals surface area contributed by atoms with E-state index in [0.29, 0.717) is 11.8 Å². The third-order valence-electron chi connectivity index (χ3n) is 4.19. The van der Waals surface area contributed by atoms with Crippen LogP contribution in [0.1, 0.15) is 43.2 Å². The van der Waals surface area contributed by atoms with Gasteiger partial charge in [0.2, 0.25) is 5.91 Å². The van der Waals surface area contributed by atoms with Crippen LogP contribution in [0.2, 0.25) is 0 Å². The first-order chi connectivity index (χ1) is 10.6. The second-order valence-corrected chi connectivity index (χ2v) is 6.85. The number of piperidine rings is 1. The Balaban J connectivity index is 1.85. The summed E-state index contributed by atoms with van der Waals surface area (Å²) in [6.45, 7) is 8.92. The molecule has 5 nitrogen and oxygen atoms in total. The number of aryl methyl sites for hydroxylation is 2. The summed E-state index contributed by atoms with van der Waals surface area (Å²) in [5.41, 5.74) is 2.06. The first kappa shape index (κ1) is 17.3. The molecule has 0 aromatic carbocycles. The number of rotatable bonds is 7. The molecule has 22 heavy (non-hydrogen) atoms. The highest BCUT2D eigenvalue weighted by atomic mass is 32.2. The van der Waals surface area contributed by atoms with Crippen molar-refractivity contribution in [1.82, 2.24) is 15.4 Å². The smallest absolute Gasteiger partial charge is 0.232 e. The number of nitrogens with zero attached hydrogens (tertiary/aromatic N) is 2. The van der Waals surface area contributed by atoms with Crippen LogP contribution in [0, 0.1) is 13.8 Å². The van der Waals surface area contributed by atoms with Gasteiger partial charge < -0.3 is 14.7 Å². The van der Waals surface area contributed by atoms with E-state index >= 15 is 0 Å². The summed E-state index contributed by atoms with van der Waals surface area (Å²) in [5, 5.41) is 7.33. The Morgan fingerprint density at radius 3 is 2.73 bits per heavy atom. The van der Waals surface area contributed by atoms with Crippen molar-refractivity contribution in [3.63, 3.8) is 0 Å². The highest BCUT2D eigenvalue weighted by Gasteiger charge is 2.24. The number of aromatic nitrogens is 1. The molecule has 1 saturated heterocycles. The fraction of sp³-hybridized carbons (Fsp3) is 0.750. The van der Waals surface area contributed by atoms with Crippen LogP contribution in [0.5, 0.6) is 0 Å². The molecule has 6 heteroatoms. The summed E-state index contributed by atoms with van der Waals surface area (Å²) >= 11 is 1.66. The summed E-state index contributed by atoms with van der Waals surface area (Å²) < 4.78 is 5.17. The number of amides is 1. The predicted octanol–water partition coefficient (Wildman–Crippen LogP) is 2.52. The molecule has 1 aliphatic rings. The van der Waals surface area contributed by atoms with Crippen molar-refractivity contribution in [2.45, 2.75) is 51.8 Å². The minimum absolute atomic E-state index is 0.269. The molecule has 1 aromatic heterocycles. The molecule has 1 amide bonds. The van der Waals surface area contributed by atoms with Crippen LogP contribution >= 0.6 is 11.8 Å². The number of thioether (sulfide) groups is 1. The summed E-state index contributed by atoms with van der Waals surface area (Å²) in [4.78, 5) is 14.7. The molecular weight excluding hydrogens is 298 g/mol. The molecule has 0 radical (unpaired) electrons. The second kappa shape index (κ2) is 8.58. The predicted molar refractivity (Wildman–Crippen MR) is 90.0 cm³/mol. The lowest BCUT2D eigenvalue weighted by Gasteiger charge is -2.34. The molecule has 0 saturated carbocycles. The van der Waals surface area contributed by atoms with Crippen LogP contribution in [0.3, 0.4) is 0 Å². The molecule has 1 aromatic rings. The van der Waals surface area contributed by atoms with Gasteiger partial charge in [-0.1, -0.05) is 12.1 Å². The van der Waals surface area contributed by atoms with Gasteiger partial charge in [-0.25, -0.2) is 0 Å². The van der Waals surface area contributed by atoms with Gasteiger partial charge in [0.15, 0.2) is 0 Å². The fourth-order valence-electron chi connectivity index (χ4n) is 2.90. The van der Waals surface area contributed by atoms with Crippen molar-refractivity contribution >= 4 is 17.7 Å². The zero-order valence-electron chi connectivity index (χ0n) is 13.9. The van der Waals surface area contributed by atoms with E-state index in [4.69, 9.17) is 4.52 Å². The van der Waals surface area contributed by atoms with Gasteiger partial charge in [0.05, 0.1) is 11.4 Å². The fourth-order valence-corrected chi connectivity index (χ4v) is 3.96. The normalized spacial score (nSPS) is 16.0. The quantitative estimate of drug-likeness (QED) is 0.835. The lowest BCUT2D eigenvalue weighted by atomic mass is 10.0. The Morgan fingerprint density at radius 1 is 1.41 bits per heavy atom. The highest BCUT2D eigenvalue weighted by Crippen LogP contribution is 2.21. The topological polar surface area (TPSA) is 58.4 Å². The molecule has 1 fully saturated rings. The van der Waals surface area contributed by atoms with Crippen LogP contribution in [-0.4, -0.2) is 47.4 Å². The second-order valence-electron chi connectivity index (χ2n) is 5.86. The SMILES string of the molecule is CCCN(C(=O)CSCc1c(C)noc1C)C1CCNCC1. The summed E-state index contributed by atoms with van der Waals surface area (Å²) in [5.74, 6) is 2.46. The molecule has 0 bridgehead atoms. The molecule has 124 valence electrons. The van der Waals surface area contributed by atoms with Gasteiger partial charge in [-0.3, -0.25) is 4.79 Å². The van der Waals surface area contributed by atoms with Crippen molar-refractivity contribution < 1.29 is 9.32 Å². The average Bonchev–Trinajstić information content (AvgIpc) is 2.85. The zero-order valence-corrected chi connectivity index (χ0v) is 14.7. The maximum Gasteiger partial charge on any atom is 0.232 e. The standard InChI is InChI=1S/C16H27N3O2S/c1-4-9-19(14-5-7-17-8-6-14)16(20)11-22-10-15-12(2)18-21-13(15)3/h14,17H,4-11H2,1-3H3. The molecular formula is C16H27N3O2S. The molecule has 1 N–H and O–H groups in total.